The Labute approximate surface area is 170 Å². The van der Waals surface area contributed by atoms with E-state index >= 15 is 0 Å². The van der Waals surface area contributed by atoms with Gasteiger partial charge < -0.3 is 5.32 Å². The molecule has 0 saturated heterocycles. The highest BCUT2D eigenvalue weighted by Gasteiger charge is 2.31. The summed E-state index contributed by atoms with van der Waals surface area (Å²) >= 11 is 0. The van der Waals surface area contributed by atoms with Crippen molar-refractivity contribution in [2.75, 3.05) is 10.6 Å². The van der Waals surface area contributed by atoms with Crippen molar-refractivity contribution in [1.82, 2.24) is 5.32 Å². The normalized spacial score (nSPS) is 12.8. The molecule has 0 aliphatic carbocycles. The van der Waals surface area contributed by atoms with Gasteiger partial charge in [-0.05, 0) is 30.7 Å². The van der Waals surface area contributed by atoms with E-state index in [1.807, 2.05) is 0 Å². The molecule has 0 aromatic heterocycles. The quantitative estimate of drug-likeness (QED) is 0.520. The van der Waals surface area contributed by atoms with Crippen LogP contribution in [0.2, 0.25) is 0 Å². The van der Waals surface area contributed by atoms with Crippen LogP contribution in [0.5, 0.6) is 0 Å². The van der Waals surface area contributed by atoms with Gasteiger partial charge in [0.25, 0.3) is 5.69 Å². The van der Waals surface area contributed by atoms with Crippen LogP contribution in [-0.2, 0) is 27.5 Å². The first-order valence-electron chi connectivity index (χ1n) is 8.48. The van der Waals surface area contributed by atoms with Gasteiger partial charge in [-0.3, -0.25) is 19.2 Å². The first kappa shape index (κ1) is 23.1. The summed E-state index contributed by atoms with van der Waals surface area (Å²) in [6.07, 6.45) is -3.70. The molecule has 0 spiro atoms. The fraction of sp³-hybridized carbons (Fsp3) is 0.278. The standard InChI is InChI=1S/C18H18F3N3O5S/c1-12(17(25)22-11-13-5-3-6-14(9-13)18(19,20)21)23(30(2,28)29)15-7-4-8-16(10-15)24(26)27/h3-10,12H,11H2,1-2H3,(H,22,25)/t12-/m0/s1. The molecule has 8 nitrogen and oxygen atoms in total. The van der Waals surface area contributed by atoms with Gasteiger partial charge in [0.1, 0.15) is 6.04 Å². The second-order valence-corrected chi connectivity index (χ2v) is 8.29. The SMILES string of the molecule is C[C@@H](C(=O)NCc1cccc(C(F)(F)F)c1)N(c1cccc([N+](=O)[O-])c1)S(C)(=O)=O. The zero-order valence-corrected chi connectivity index (χ0v) is 16.7. The molecule has 0 radical (unpaired) electrons. The number of benzene rings is 2. The summed E-state index contributed by atoms with van der Waals surface area (Å²) in [7, 11) is -4.01. The maximum absolute atomic E-state index is 12.8. The van der Waals surface area contributed by atoms with Crippen molar-refractivity contribution < 1.29 is 31.3 Å². The van der Waals surface area contributed by atoms with E-state index in [-0.39, 0.29) is 23.5 Å². The zero-order chi connectivity index (χ0) is 22.7. The molecule has 1 N–H and O–H groups in total. The molecule has 1 atom stereocenters. The predicted molar refractivity (Wildman–Crippen MR) is 103 cm³/mol. The van der Waals surface area contributed by atoms with E-state index in [1.165, 1.54) is 37.3 Å². The van der Waals surface area contributed by atoms with Gasteiger partial charge in [-0.15, -0.1) is 0 Å². The predicted octanol–water partition coefficient (Wildman–Crippen LogP) is 3.08. The summed E-state index contributed by atoms with van der Waals surface area (Å²) < 4.78 is 63.6. The molecule has 0 aliphatic rings. The number of carbonyl (C=O) groups is 1. The first-order valence-corrected chi connectivity index (χ1v) is 10.3. The third-order valence-corrected chi connectivity index (χ3v) is 5.35. The van der Waals surface area contributed by atoms with Crippen LogP contribution in [0.25, 0.3) is 0 Å². The molecule has 0 saturated carbocycles. The van der Waals surface area contributed by atoms with Gasteiger partial charge in [0, 0.05) is 18.7 Å². The molecule has 2 aromatic rings. The molecule has 0 bridgehead atoms. The van der Waals surface area contributed by atoms with E-state index < -0.39 is 38.6 Å². The van der Waals surface area contributed by atoms with Crippen molar-refractivity contribution in [3.8, 4) is 0 Å². The topological polar surface area (TPSA) is 110 Å². The second kappa shape index (κ2) is 8.69. The highest BCUT2D eigenvalue weighted by Crippen LogP contribution is 2.29. The van der Waals surface area contributed by atoms with Crippen LogP contribution in [0.3, 0.4) is 0 Å². The maximum Gasteiger partial charge on any atom is 0.416 e. The lowest BCUT2D eigenvalue weighted by molar-refractivity contribution is -0.384. The minimum Gasteiger partial charge on any atom is -0.350 e. The van der Waals surface area contributed by atoms with Gasteiger partial charge >= 0.3 is 6.18 Å². The number of alkyl halides is 3. The van der Waals surface area contributed by atoms with Crippen LogP contribution in [-0.4, -0.2) is 31.5 Å². The number of nitrogens with zero attached hydrogens (tertiary/aromatic N) is 2. The number of halogens is 3. The third-order valence-electron chi connectivity index (χ3n) is 4.10. The summed E-state index contributed by atoms with van der Waals surface area (Å²) in [4.78, 5) is 22.8. The van der Waals surface area contributed by atoms with E-state index in [0.717, 1.165) is 24.5 Å². The van der Waals surface area contributed by atoms with E-state index in [0.29, 0.717) is 4.31 Å². The monoisotopic (exact) mass is 445 g/mol. The molecule has 162 valence electrons. The lowest BCUT2D eigenvalue weighted by atomic mass is 10.1. The molecule has 2 aromatic carbocycles. The number of rotatable bonds is 7. The Hall–Kier alpha value is -3.15. The van der Waals surface area contributed by atoms with Crippen molar-refractivity contribution in [2.45, 2.75) is 25.7 Å². The number of hydrogen-bond acceptors (Lipinski definition) is 5. The average molecular weight is 445 g/mol. The van der Waals surface area contributed by atoms with Crippen LogP contribution in [0.15, 0.2) is 48.5 Å². The van der Waals surface area contributed by atoms with E-state index in [4.69, 9.17) is 0 Å². The number of hydrogen-bond donors (Lipinski definition) is 1. The van der Waals surface area contributed by atoms with Crippen molar-refractivity contribution in [3.05, 3.63) is 69.8 Å². The minimum atomic E-state index is -4.54. The third kappa shape index (κ3) is 5.69. The van der Waals surface area contributed by atoms with Crippen molar-refractivity contribution in [2.24, 2.45) is 0 Å². The van der Waals surface area contributed by atoms with Gasteiger partial charge in [0.2, 0.25) is 15.9 Å². The van der Waals surface area contributed by atoms with Crippen molar-refractivity contribution in [3.63, 3.8) is 0 Å². The van der Waals surface area contributed by atoms with Gasteiger partial charge in [-0.2, -0.15) is 13.2 Å². The van der Waals surface area contributed by atoms with Crippen LogP contribution in [0, 0.1) is 10.1 Å². The van der Waals surface area contributed by atoms with Gasteiger partial charge in [-0.25, -0.2) is 8.42 Å². The van der Waals surface area contributed by atoms with E-state index in [2.05, 4.69) is 5.32 Å². The summed E-state index contributed by atoms with van der Waals surface area (Å²) in [6, 6.07) is 7.78. The summed E-state index contributed by atoms with van der Waals surface area (Å²) in [5.41, 5.74) is -1.16. The molecule has 0 unspecified atom stereocenters. The number of carbonyl (C=O) groups excluding carboxylic acids is 1. The molecular formula is C18H18F3N3O5S. The first-order chi connectivity index (χ1) is 13.8. The Kier molecular flexibility index (Phi) is 6.70. The largest absolute Gasteiger partial charge is 0.416 e. The Balaban J connectivity index is 2.23. The number of sulfonamides is 1. The highest BCUT2D eigenvalue weighted by molar-refractivity contribution is 7.92. The zero-order valence-electron chi connectivity index (χ0n) is 15.9. The fourth-order valence-electron chi connectivity index (χ4n) is 2.75. The molecule has 2 rings (SSSR count). The van der Waals surface area contributed by atoms with E-state index in [9.17, 15) is 36.5 Å². The minimum absolute atomic E-state index is 0.0894. The Morgan fingerprint density at radius 2 is 1.83 bits per heavy atom. The van der Waals surface area contributed by atoms with Gasteiger partial charge in [-0.1, -0.05) is 18.2 Å². The number of anilines is 1. The lowest BCUT2D eigenvalue weighted by Gasteiger charge is -2.28. The second-order valence-electron chi connectivity index (χ2n) is 6.43. The number of amides is 1. The highest BCUT2D eigenvalue weighted by atomic mass is 32.2. The number of nitro benzene ring substituents is 1. The van der Waals surface area contributed by atoms with Gasteiger partial charge in [0.05, 0.1) is 22.4 Å². The Morgan fingerprint density at radius 3 is 2.40 bits per heavy atom. The molecule has 0 aliphatic heterocycles. The fourth-order valence-corrected chi connectivity index (χ4v) is 3.91. The summed E-state index contributed by atoms with van der Waals surface area (Å²) in [5.74, 6) is -0.788. The van der Waals surface area contributed by atoms with Crippen LogP contribution in [0.1, 0.15) is 18.1 Å². The maximum atomic E-state index is 12.8. The van der Waals surface area contributed by atoms with Gasteiger partial charge in [0.15, 0.2) is 0 Å². The Bertz CT molecular complexity index is 1060. The molecule has 0 fully saturated rings. The molecule has 0 heterocycles. The average Bonchev–Trinajstić information content (AvgIpc) is 2.64. The lowest BCUT2D eigenvalue weighted by Crippen LogP contribution is -2.47. The van der Waals surface area contributed by atoms with Crippen molar-refractivity contribution in [1.29, 1.82) is 0 Å². The van der Waals surface area contributed by atoms with E-state index in [1.54, 1.807) is 0 Å². The molecule has 30 heavy (non-hydrogen) atoms. The number of nitrogens with one attached hydrogen (secondary N) is 1. The van der Waals surface area contributed by atoms with Crippen LogP contribution in [0.4, 0.5) is 24.5 Å². The van der Waals surface area contributed by atoms with Crippen LogP contribution >= 0.6 is 0 Å². The Morgan fingerprint density at radius 1 is 1.20 bits per heavy atom. The molecule has 1 amide bonds. The smallest absolute Gasteiger partial charge is 0.350 e. The van der Waals surface area contributed by atoms with Crippen LogP contribution < -0.4 is 9.62 Å². The van der Waals surface area contributed by atoms with Crippen molar-refractivity contribution >= 4 is 27.3 Å². The summed E-state index contributed by atoms with van der Waals surface area (Å²) in [6.45, 7) is 1.00. The molecular weight excluding hydrogens is 427 g/mol. The number of non-ortho nitro benzene ring substituents is 1. The number of nitro groups is 1. The summed E-state index contributed by atoms with van der Waals surface area (Å²) in [5, 5.41) is 13.4. The molecule has 12 heteroatoms.